The van der Waals surface area contributed by atoms with Gasteiger partial charge in [0.15, 0.2) is 6.39 Å². The lowest BCUT2D eigenvalue weighted by atomic mass is 10.1. The molecule has 0 aliphatic carbocycles. The van der Waals surface area contributed by atoms with Crippen LogP contribution in [0, 0.1) is 0 Å². The molecule has 0 spiro atoms. The number of aromatic nitrogens is 1. The van der Waals surface area contributed by atoms with Crippen LogP contribution in [0.4, 0.5) is 0 Å². The largest absolute Gasteiger partial charge is 0.492 e. The maximum absolute atomic E-state index is 5.84. The summed E-state index contributed by atoms with van der Waals surface area (Å²) in [5.41, 5.74) is 7.33. The Bertz CT molecular complexity index is 455. The molecule has 0 saturated carbocycles. The van der Waals surface area contributed by atoms with Crippen LogP contribution in [0.3, 0.4) is 0 Å². The molecule has 2 rings (SSSR count). The fourth-order valence-corrected chi connectivity index (χ4v) is 1.35. The summed E-state index contributed by atoms with van der Waals surface area (Å²) in [5, 5.41) is 0. The minimum Gasteiger partial charge on any atom is -0.492 e. The van der Waals surface area contributed by atoms with Crippen LogP contribution in [0.5, 0.6) is 5.75 Å². The monoisotopic (exact) mass is 232 g/mol. The summed E-state index contributed by atoms with van der Waals surface area (Å²) < 4.78 is 10.5. The van der Waals surface area contributed by atoms with Gasteiger partial charge in [-0.1, -0.05) is 0 Å². The van der Waals surface area contributed by atoms with Gasteiger partial charge in [0.05, 0.1) is 0 Å². The van der Waals surface area contributed by atoms with Crippen LogP contribution in [-0.4, -0.2) is 17.1 Å². The van der Waals surface area contributed by atoms with E-state index in [4.69, 9.17) is 14.9 Å². The smallest absolute Gasteiger partial charge is 0.181 e. The van der Waals surface area contributed by atoms with E-state index in [0.717, 1.165) is 17.0 Å². The first-order chi connectivity index (χ1) is 8.04. The van der Waals surface area contributed by atoms with Crippen LogP contribution >= 0.6 is 0 Å². The Hall–Kier alpha value is -1.81. The summed E-state index contributed by atoms with van der Waals surface area (Å²) in [5.74, 6) is 0.802. The van der Waals surface area contributed by atoms with Crippen molar-refractivity contribution >= 4 is 0 Å². The normalized spacial score (nSPS) is 11.5. The van der Waals surface area contributed by atoms with E-state index in [-0.39, 0.29) is 5.54 Å². The van der Waals surface area contributed by atoms with Crippen molar-refractivity contribution < 1.29 is 9.15 Å². The highest BCUT2D eigenvalue weighted by molar-refractivity contribution is 5.58. The van der Waals surface area contributed by atoms with Gasteiger partial charge in [0.2, 0.25) is 0 Å². The lowest BCUT2D eigenvalue weighted by molar-refractivity contribution is 0.243. The van der Waals surface area contributed by atoms with Crippen LogP contribution in [0.1, 0.15) is 13.8 Å². The Morgan fingerprint density at radius 1 is 1.29 bits per heavy atom. The molecule has 0 aliphatic rings. The number of oxazole rings is 1. The summed E-state index contributed by atoms with van der Waals surface area (Å²) in [6.07, 6.45) is 3.02. The molecule has 0 radical (unpaired) electrons. The van der Waals surface area contributed by atoms with Gasteiger partial charge >= 0.3 is 0 Å². The van der Waals surface area contributed by atoms with E-state index in [1.807, 2.05) is 38.1 Å². The average molecular weight is 232 g/mol. The van der Waals surface area contributed by atoms with Crippen molar-refractivity contribution in [3.63, 3.8) is 0 Å². The van der Waals surface area contributed by atoms with E-state index >= 15 is 0 Å². The SMILES string of the molecule is CC(C)(N)COc1ccc(-c2cocn2)cc1. The van der Waals surface area contributed by atoms with E-state index in [1.165, 1.54) is 6.39 Å². The Kier molecular flexibility index (Phi) is 3.15. The van der Waals surface area contributed by atoms with E-state index in [0.29, 0.717) is 6.61 Å². The quantitative estimate of drug-likeness (QED) is 0.879. The molecule has 2 N–H and O–H groups in total. The van der Waals surface area contributed by atoms with E-state index < -0.39 is 0 Å². The fraction of sp³-hybridized carbons (Fsp3) is 0.308. The van der Waals surface area contributed by atoms with Gasteiger partial charge in [0.1, 0.15) is 24.3 Å². The molecule has 90 valence electrons. The highest BCUT2D eigenvalue weighted by Crippen LogP contribution is 2.21. The molecule has 1 aromatic carbocycles. The lowest BCUT2D eigenvalue weighted by Gasteiger charge is -2.18. The predicted octanol–water partition coefficient (Wildman–Crippen LogP) is 2.46. The summed E-state index contributed by atoms with van der Waals surface area (Å²) in [7, 11) is 0. The first-order valence-corrected chi connectivity index (χ1v) is 5.45. The minimum absolute atomic E-state index is 0.329. The van der Waals surface area contributed by atoms with Gasteiger partial charge < -0.3 is 14.9 Å². The van der Waals surface area contributed by atoms with Crippen molar-refractivity contribution in [3.05, 3.63) is 36.9 Å². The fourth-order valence-electron chi connectivity index (χ4n) is 1.35. The number of rotatable bonds is 4. The number of hydrogen-bond donors (Lipinski definition) is 1. The van der Waals surface area contributed by atoms with Gasteiger partial charge in [-0.3, -0.25) is 0 Å². The molecular weight excluding hydrogens is 216 g/mol. The summed E-state index contributed by atoms with van der Waals surface area (Å²) in [6.45, 7) is 4.34. The van der Waals surface area contributed by atoms with Crippen molar-refractivity contribution in [1.29, 1.82) is 0 Å². The van der Waals surface area contributed by atoms with Gasteiger partial charge in [-0.05, 0) is 38.1 Å². The van der Waals surface area contributed by atoms with Crippen LogP contribution in [0.15, 0.2) is 41.3 Å². The van der Waals surface area contributed by atoms with Crippen LogP contribution < -0.4 is 10.5 Å². The van der Waals surface area contributed by atoms with Crippen molar-refractivity contribution in [3.8, 4) is 17.0 Å². The predicted molar refractivity (Wildman–Crippen MR) is 65.7 cm³/mol. The first kappa shape index (κ1) is 11.7. The van der Waals surface area contributed by atoms with E-state index in [9.17, 15) is 0 Å². The third-order valence-electron chi connectivity index (χ3n) is 2.19. The highest BCUT2D eigenvalue weighted by Gasteiger charge is 2.11. The van der Waals surface area contributed by atoms with Gasteiger partial charge in [-0.2, -0.15) is 0 Å². The molecule has 0 atom stereocenters. The number of ether oxygens (including phenoxy) is 1. The van der Waals surface area contributed by atoms with Crippen molar-refractivity contribution in [2.24, 2.45) is 5.73 Å². The Balaban J connectivity index is 2.04. The molecule has 0 saturated heterocycles. The van der Waals surface area contributed by atoms with E-state index in [1.54, 1.807) is 6.26 Å². The number of nitrogens with zero attached hydrogens (tertiary/aromatic N) is 1. The third kappa shape index (κ3) is 3.32. The molecule has 1 heterocycles. The Morgan fingerprint density at radius 2 is 2.00 bits per heavy atom. The molecule has 4 heteroatoms. The standard InChI is InChI=1S/C13H16N2O2/c1-13(2,14)8-17-11-5-3-10(4-6-11)12-7-16-9-15-12/h3-7,9H,8,14H2,1-2H3. The Morgan fingerprint density at radius 3 is 2.53 bits per heavy atom. The van der Waals surface area contributed by atoms with Gasteiger partial charge in [0, 0.05) is 11.1 Å². The number of hydrogen-bond acceptors (Lipinski definition) is 4. The third-order valence-corrected chi connectivity index (χ3v) is 2.19. The molecule has 1 aromatic heterocycles. The first-order valence-electron chi connectivity index (χ1n) is 5.45. The van der Waals surface area contributed by atoms with Gasteiger partial charge in [-0.25, -0.2) is 4.98 Å². The molecule has 0 fully saturated rings. The summed E-state index contributed by atoms with van der Waals surface area (Å²) >= 11 is 0. The van der Waals surface area contributed by atoms with Crippen molar-refractivity contribution in [1.82, 2.24) is 4.98 Å². The summed E-state index contributed by atoms with van der Waals surface area (Å²) in [6, 6.07) is 7.68. The Labute approximate surface area is 100 Å². The number of benzene rings is 1. The van der Waals surface area contributed by atoms with Crippen LogP contribution in [0.2, 0.25) is 0 Å². The molecule has 0 amide bonds. The van der Waals surface area contributed by atoms with Crippen LogP contribution in [0.25, 0.3) is 11.3 Å². The maximum atomic E-state index is 5.84. The molecule has 0 unspecified atom stereocenters. The molecule has 4 nitrogen and oxygen atoms in total. The van der Waals surface area contributed by atoms with Gasteiger partial charge in [-0.15, -0.1) is 0 Å². The molecule has 0 bridgehead atoms. The zero-order valence-electron chi connectivity index (χ0n) is 10.0. The zero-order chi connectivity index (χ0) is 12.3. The molecule has 17 heavy (non-hydrogen) atoms. The van der Waals surface area contributed by atoms with E-state index in [2.05, 4.69) is 4.98 Å². The number of nitrogens with two attached hydrogens (primary N) is 1. The molecule has 2 aromatic rings. The second kappa shape index (κ2) is 4.59. The minimum atomic E-state index is -0.329. The van der Waals surface area contributed by atoms with Crippen molar-refractivity contribution in [2.75, 3.05) is 6.61 Å². The topological polar surface area (TPSA) is 61.3 Å². The van der Waals surface area contributed by atoms with Crippen LogP contribution in [-0.2, 0) is 0 Å². The summed E-state index contributed by atoms with van der Waals surface area (Å²) in [4.78, 5) is 4.07. The molecule has 0 aliphatic heterocycles. The second-order valence-corrected chi connectivity index (χ2v) is 4.68. The molecular formula is C13H16N2O2. The maximum Gasteiger partial charge on any atom is 0.181 e. The second-order valence-electron chi connectivity index (χ2n) is 4.68. The van der Waals surface area contributed by atoms with Crippen molar-refractivity contribution in [2.45, 2.75) is 19.4 Å². The zero-order valence-corrected chi connectivity index (χ0v) is 10.0. The average Bonchev–Trinajstić information content (AvgIpc) is 2.79. The van der Waals surface area contributed by atoms with Gasteiger partial charge in [0.25, 0.3) is 0 Å². The lowest BCUT2D eigenvalue weighted by Crippen LogP contribution is -2.38. The highest BCUT2D eigenvalue weighted by atomic mass is 16.5.